The highest BCUT2D eigenvalue weighted by Gasteiger charge is 2.41. The lowest BCUT2D eigenvalue weighted by Gasteiger charge is -2.41. The fraction of sp³-hybridized carbons (Fsp3) is 0.778. The second kappa shape index (κ2) is 23.9. The lowest BCUT2D eigenvalue weighted by Crippen LogP contribution is -2.51. The Labute approximate surface area is 346 Å². The highest BCUT2D eigenvalue weighted by Crippen LogP contribution is 2.34. The summed E-state index contributed by atoms with van der Waals surface area (Å²) in [6, 6.07) is -0.939. The number of allylic oxidation sites excluding steroid dienone is 4. The van der Waals surface area contributed by atoms with E-state index >= 15 is 0 Å². The lowest BCUT2D eigenvalue weighted by molar-refractivity contribution is -0.254. The summed E-state index contributed by atoms with van der Waals surface area (Å²) < 4.78 is 29.2. The molecule has 1 saturated carbocycles. The first-order valence-corrected chi connectivity index (χ1v) is 21.3. The van der Waals surface area contributed by atoms with Crippen molar-refractivity contribution in [3.05, 3.63) is 36.0 Å². The molecule has 14 atom stereocenters. The molecule has 1 amide bonds. The summed E-state index contributed by atoms with van der Waals surface area (Å²) in [6.07, 6.45) is 6.41. The van der Waals surface area contributed by atoms with Crippen LogP contribution in [0.3, 0.4) is 0 Å². The van der Waals surface area contributed by atoms with Gasteiger partial charge in [-0.1, -0.05) is 45.9 Å². The minimum atomic E-state index is -1.19. The second-order valence-corrected chi connectivity index (χ2v) is 17.3. The molecule has 0 radical (unpaired) electrons. The molecule has 3 rings (SSSR count). The number of carbonyl (C=O) groups excluding carboxylic acids is 4. The zero-order chi connectivity index (χ0) is 43.3. The lowest BCUT2D eigenvalue weighted by atomic mass is 9.82. The van der Waals surface area contributed by atoms with Gasteiger partial charge in [0.25, 0.3) is 5.91 Å². The number of rotatable bonds is 21. The number of hydrogen-bond donors (Lipinski definition) is 3. The van der Waals surface area contributed by atoms with Gasteiger partial charge in [-0.05, 0) is 100 Å². The van der Waals surface area contributed by atoms with Gasteiger partial charge >= 0.3 is 5.97 Å². The van der Waals surface area contributed by atoms with E-state index in [-0.39, 0.29) is 60.7 Å². The molecule has 330 valence electrons. The number of piperidine rings is 1. The van der Waals surface area contributed by atoms with Gasteiger partial charge < -0.3 is 43.9 Å². The summed E-state index contributed by atoms with van der Waals surface area (Å²) in [4.78, 5) is 53.9. The summed E-state index contributed by atoms with van der Waals surface area (Å²) in [5.74, 6) is -2.87. The molecule has 3 aliphatic rings. The number of nitrogens with zero attached hydrogens (tertiary/aromatic N) is 1. The zero-order valence-corrected chi connectivity index (χ0v) is 36.5. The van der Waals surface area contributed by atoms with Crippen LogP contribution in [0.25, 0.3) is 0 Å². The summed E-state index contributed by atoms with van der Waals surface area (Å²) in [7, 11) is 4.84. The van der Waals surface area contributed by atoms with Crippen molar-refractivity contribution in [3.8, 4) is 0 Å². The number of aliphatic hydroxyl groups excluding tert-OH is 3. The highest BCUT2D eigenvalue weighted by atomic mass is 16.6. The molecule has 0 bridgehead atoms. The number of carbonyl (C=O) groups is 4. The smallest absolute Gasteiger partial charge is 0.329 e. The normalized spacial score (nSPS) is 30.4. The Kier molecular flexibility index (Phi) is 20.4. The number of Topliss-reactive ketones (excluding diaryl/α,β-unsaturated/α-hetero) is 2. The molecule has 13 nitrogen and oxygen atoms in total. The van der Waals surface area contributed by atoms with Gasteiger partial charge in [-0.25, -0.2) is 4.79 Å². The van der Waals surface area contributed by atoms with Gasteiger partial charge in [0, 0.05) is 53.1 Å². The molecule has 13 heteroatoms. The molecule has 3 fully saturated rings. The Balaban J connectivity index is 1.78. The monoisotopic (exact) mass is 820 g/mol. The zero-order valence-electron chi connectivity index (χ0n) is 36.5. The van der Waals surface area contributed by atoms with E-state index in [0.717, 1.165) is 6.42 Å². The predicted molar refractivity (Wildman–Crippen MR) is 219 cm³/mol. The molecule has 3 N–H and O–H groups in total. The molecule has 58 heavy (non-hydrogen) atoms. The van der Waals surface area contributed by atoms with Crippen molar-refractivity contribution in [2.45, 2.75) is 167 Å². The van der Waals surface area contributed by atoms with E-state index in [4.69, 9.17) is 23.7 Å². The van der Waals surface area contributed by atoms with Crippen LogP contribution in [0.1, 0.15) is 112 Å². The van der Waals surface area contributed by atoms with E-state index in [1.165, 1.54) is 11.8 Å². The second-order valence-electron chi connectivity index (χ2n) is 17.3. The van der Waals surface area contributed by atoms with Crippen molar-refractivity contribution in [2.24, 2.45) is 29.6 Å². The van der Waals surface area contributed by atoms with Gasteiger partial charge in [0.2, 0.25) is 5.78 Å². The van der Waals surface area contributed by atoms with Crippen molar-refractivity contribution >= 4 is 23.4 Å². The van der Waals surface area contributed by atoms with Gasteiger partial charge in [0.05, 0.1) is 30.5 Å². The first-order valence-electron chi connectivity index (χ1n) is 21.3. The predicted octanol–water partition coefficient (Wildman–Crippen LogP) is 5.28. The molecule has 10 unspecified atom stereocenters. The Morgan fingerprint density at radius 3 is 2.26 bits per heavy atom. The molecule has 0 aromatic heterocycles. The number of amides is 1. The Bertz CT molecular complexity index is 1430. The fourth-order valence-electron chi connectivity index (χ4n) is 9.06. The molecular weight excluding hydrogens is 746 g/mol. The summed E-state index contributed by atoms with van der Waals surface area (Å²) in [6.45, 7) is 15.0. The van der Waals surface area contributed by atoms with Crippen molar-refractivity contribution in [2.75, 3.05) is 27.9 Å². The van der Waals surface area contributed by atoms with Gasteiger partial charge in [-0.2, -0.15) is 0 Å². The van der Waals surface area contributed by atoms with Crippen LogP contribution in [-0.4, -0.2) is 127 Å². The van der Waals surface area contributed by atoms with Crippen LogP contribution < -0.4 is 0 Å². The summed E-state index contributed by atoms with van der Waals surface area (Å²) in [5.41, 5.74) is 1.21. The van der Waals surface area contributed by atoms with E-state index in [1.54, 1.807) is 34.3 Å². The SMILES string of the molecule is C=CCC(=CC(C)C[C@H](C)CC(OC)C1OC(O)[C@H](C)CC1OC)C(=O)CC(O)[C@@H](C)C(OC(=O)[C@@H]1CCCCN1C(=O)C(C)=O)C(C)=CC1CCC(O)C(OC)C1. The highest BCUT2D eigenvalue weighted by molar-refractivity contribution is 6.35. The van der Waals surface area contributed by atoms with Crippen LogP contribution in [0.2, 0.25) is 0 Å². The van der Waals surface area contributed by atoms with Gasteiger partial charge in [0.1, 0.15) is 18.2 Å². The molecule has 2 heterocycles. The minimum absolute atomic E-state index is 0.00273. The summed E-state index contributed by atoms with van der Waals surface area (Å²) >= 11 is 0. The summed E-state index contributed by atoms with van der Waals surface area (Å²) in [5, 5.41) is 32.5. The quantitative estimate of drug-likeness (QED) is 0.0592. The van der Waals surface area contributed by atoms with Crippen molar-refractivity contribution in [1.29, 1.82) is 0 Å². The first kappa shape index (κ1) is 49.6. The fourth-order valence-corrected chi connectivity index (χ4v) is 9.06. The Hall–Kier alpha value is -2.78. The molecular formula is C45H73NO12. The average molecular weight is 820 g/mol. The Morgan fingerprint density at radius 2 is 1.64 bits per heavy atom. The van der Waals surface area contributed by atoms with Gasteiger partial charge in [-0.15, -0.1) is 6.58 Å². The van der Waals surface area contributed by atoms with Crippen LogP contribution in [0.5, 0.6) is 0 Å². The van der Waals surface area contributed by atoms with Crippen molar-refractivity contribution in [1.82, 2.24) is 4.90 Å². The largest absolute Gasteiger partial charge is 0.456 e. The number of likely N-dealkylation sites (tertiary alicyclic amines) is 1. The number of methoxy groups -OCH3 is 3. The number of hydrogen-bond acceptors (Lipinski definition) is 12. The van der Waals surface area contributed by atoms with Crippen LogP contribution in [0.4, 0.5) is 0 Å². The van der Waals surface area contributed by atoms with Crippen molar-refractivity contribution < 1.29 is 58.2 Å². The topological polar surface area (TPSA) is 178 Å². The van der Waals surface area contributed by atoms with E-state index in [2.05, 4.69) is 13.5 Å². The third-order valence-corrected chi connectivity index (χ3v) is 12.4. The third kappa shape index (κ3) is 13.9. The molecule has 0 aromatic carbocycles. The average Bonchev–Trinajstić information content (AvgIpc) is 3.19. The molecule has 0 spiro atoms. The van der Waals surface area contributed by atoms with Crippen LogP contribution in [-0.2, 0) is 42.9 Å². The van der Waals surface area contributed by atoms with Gasteiger partial charge in [0.15, 0.2) is 12.1 Å². The molecule has 0 aromatic rings. The maximum Gasteiger partial charge on any atom is 0.329 e. The Morgan fingerprint density at radius 1 is 0.948 bits per heavy atom. The molecule has 2 saturated heterocycles. The number of esters is 1. The maximum absolute atomic E-state index is 13.9. The minimum Gasteiger partial charge on any atom is -0.456 e. The first-order chi connectivity index (χ1) is 27.4. The third-order valence-electron chi connectivity index (χ3n) is 12.4. The van der Waals surface area contributed by atoms with E-state index < -0.39 is 60.3 Å². The number of ether oxygens (including phenoxy) is 5. The van der Waals surface area contributed by atoms with Crippen molar-refractivity contribution in [3.63, 3.8) is 0 Å². The maximum atomic E-state index is 13.9. The van der Waals surface area contributed by atoms with Crippen LogP contribution in [0.15, 0.2) is 36.0 Å². The van der Waals surface area contributed by atoms with E-state index in [0.29, 0.717) is 68.9 Å². The molecule has 1 aliphatic carbocycles. The van der Waals surface area contributed by atoms with Gasteiger partial charge in [-0.3, -0.25) is 14.4 Å². The van der Waals surface area contributed by atoms with Crippen LogP contribution >= 0.6 is 0 Å². The van der Waals surface area contributed by atoms with Crippen LogP contribution in [0, 0.1) is 29.6 Å². The molecule has 2 aliphatic heterocycles. The number of aliphatic hydroxyl groups is 3. The number of ketones is 2. The van der Waals surface area contributed by atoms with E-state index in [1.807, 2.05) is 32.9 Å². The standard InChI is InChI=1S/C45H73NO12/c1-11-14-33(20-26(2)19-27(3)21-39(55-9)42-40(56-10)23-29(5)44(52)58-42)37(50)25-36(49)30(6)41(28(4)22-32-16-17-35(48)38(24-32)54-8)57-45(53)34-15-12-13-18-46(34)43(51)31(7)47/h11,20,22,26-27,29-30,32,34-36,38-42,44,48-49,52H,1,12-19,21,23-25H2,2-10H3/t26?,27-,29+,30+,32?,34-,35?,36?,38?,39?,40?,41?,42?,44?/m0/s1. The van der Waals surface area contributed by atoms with E-state index in [9.17, 15) is 34.5 Å².